The van der Waals surface area contributed by atoms with Gasteiger partial charge >= 0.3 is 6.01 Å². The van der Waals surface area contributed by atoms with E-state index >= 15 is 4.39 Å². The number of methoxy groups -OCH3 is 1. The number of rotatable bonds is 8. The van der Waals surface area contributed by atoms with E-state index in [1.807, 2.05) is 12.1 Å². The number of alkyl halides is 3. The van der Waals surface area contributed by atoms with Crippen LogP contribution in [0.4, 0.5) is 8.78 Å². The summed E-state index contributed by atoms with van der Waals surface area (Å²) in [7, 11) is 1.47. The highest BCUT2D eigenvalue weighted by Crippen LogP contribution is 2.41. The number of benzene rings is 2. The molecule has 4 aromatic rings. The number of allylic oxidation sites excluding steroid dienone is 2. The molecule has 1 saturated heterocycles. The average molecular weight is 646 g/mol. The molecule has 2 aliphatic rings. The average Bonchev–Trinajstić information content (AvgIpc) is 3.62. The third kappa shape index (κ3) is 5.90. The molecule has 0 bridgehead atoms. The number of hydrogen-bond acceptors (Lipinski definition) is 6. The number of likely N-dealkylation sites (tertiary alicyclic amines) is 1. The molecule has 0 radical (unpaired) electrons. The summed E-state index contributed by atoms with van der Waals surface area (Å²) in [6.45, 7) is 0.880. The molecule has 2 amide bonds. The fourth-order valence-corrected chi connectivity index (χ4v) is 6.26. The minimum Gasteiger partial charge on any atom is -0.467 e. The first-order valence-corrected chi connectivity index (χ1v) is 15.0. The summed E-state index contributed by atoms with van der Waals surface area (Å²) in [4.78, 5) is 49.1. The molecule has 0 spiro atoms. The Labute approximate surface area is 268 Å². The molecule has 1 aliphatic heterocycles. The van der Waals surface area contributed by atoms with E-state index in [-0.39, 0.29) is 36.9 Å². The smallest absolute Gasteiger partial charge is 0.316 e. The van der Waals surface area contributed by atoms with Crippen molar-refractivity contribution in [1.82, 2.24) is 24.8 Å². The molecule has 12 heteroatoms. The number of aromatic nitrogens is 3. The standard InChI is InChI=1S/C34H30ClF2N5O4/c1-20(43)26-18-41(28-12-11-22(13-25(26)28)23-15-38-33(46-2)39-16-23)19-31(44)42-17-24(36)14-29(42)32(45)40-30-10-6-9-27(34(30,35)37)21-7-4-3-5-8-21/h3-13,15-16,18,24,29-30H,14,17,19H2,1-2H3,(H,40,45)/t24-,29+,30?,34?/m1/s1. The minimum absolute atomic E-state index is 0.175. The van der Waals surface area contributed by atoms with Gasteiger partial charge in [-0.1, -0.05) is 66.2 Å². The number of ether oxygens (including phenoxy) is 1. The molecular formula is C34H30ClF2N5O4. The van der Waals surface area contributed by atoms with Crippen LogP contribution in [0.2, 0.25) is 0 Å². The summed E-state index contributed by atoms with van der Waals surface area (Å²) in [5.74, 6) is -1.45. The zero-order chi connectivity index (χ0) is 32.6. The van der Waals surface area contributed by atoms with Gasteiger partial charge in [-0.05, 0) is 30.2 Å². The highest BCUT2D eigenvalue weighted by Gasteiger charge is 2.46. The number of hydrogen-bond donors (Lipinski definition) is 1. The van der Waals surface area contributed by atoms with Crippen molar-refractivity contribution < 1.29 is 27.9 Å². The van der Waals surface area contributed by atoms with Gasteiger partial charge in [-0.25, -0.2) is 18.7 Å². The predicted molar refractivity (Wildman–Crippen MR) is 170 cm³/mol. The van der Waals surface area contributed by atoms with Gasteiger partial charge in [0, 0.05) is 52.6 Å². The summed E-state index contributed by atoms with van der Waals surface area (Å²) < 4.78 is 37.3. The van der Waals surface area contributed by atoms with Crippen LogP contribution in [0.15, 0.2) is 85.3 Å². The molecule has 2 aromatic heterocycles. The van der Waals surface area contributed by atoms with E-state index in [0.29, 0.717) is 27.6 Å². The molecule has 1 aliphatic carbocycles. The van der Waals surface area contributed by atoms with Crippen LogP contribution in [-0.4, -0.2) is 74.1 Å². The molecule has 9 nitrogen and oxygen atoms in total. The van der Waals surface area contributed by atoms with Crippen molar-refractivity contribution >= 4 is 45.7 Å². The number of carbonyl (C=O) groups excluding carboxylic acids is 3. The molecule has 6 rings (SSSR count). The van der Waals surface area contributed by atoms with Crippen LogP contribution in [0.1, 0.15) is 29.3 Å². The van der Waals surface area contributed by atoms with Gasteiger partial charge in [-0.2, -0.15) is 0 Å². The van der Waals surface area contributed by atoms with Gasteiger partial charge in [0.05, 0.1) is 13.7 Å². The van der Waals surface area contributed by atoms with E-state index in [1.165, 1.54) is 20.1 Å². The molecule has 0 saturated carbocycles. The maximum absolute atomic E-state index is 16.0. The van der Waals surface area contributed by atoms with Crippen LogP contribution in [0, 0.1) is 0 Å². The quantitative estimate of drug-likeness (QED) is 0.206. The largest absolute Gasteiger partial charge is 0.467 e. The number of carbonyl (C=O) groups is 3. The van der Waals surface area contributed by atoms with Crippen LogP contribution >= 0.6 is 11.6 Å². The number of fused-ring (bicyclic) bond motifs is 1. The number of halogens is 3. The minimum atomic E-state index is -2.47. The van der Waals surface area contributed by atoms with Crippen LogP contribution in [0.3, 0.4) is 0 Å². The molecule has 3 heterocycles. The highest BCUT2D eigenvalue weighted by atomic mass is 35.5. The van der Waals surface area contributed by atoms with Gasteiger partial charge in [-0.15, -0.1) is 0 Å². The molecule has 46 heavy (non-hydrogen) atoms. The Balaban J connectivity index is 1.22. The molecule has 2 aromatic carbocycles. The topological polar surface area (TPSA) is 106 Å². The Hall–Kier alpha value is -4.90. The van der Waals surface area contributed by atoms with Gasteiger partial charge in [0.25, 0.3) is 0 Å². The van der Waals surface area contributed by atoms with Gasteiger partial charge in [0.2, 0.25) is 16.9 Å². The highest BCUT2D eigenvalue weighted by molar-refractivity contribution is 6.30. The summed E-state index contributed by atoms with van der Waals surface area (Å²) in [6.07, 6.45) is 7.65. The van der Waals surface area contributed by atoms with E-state index in [4.69, 9.17) is 16.3 Å². The maximum Gasteiger partial charge on any atom is 0.316 e. The lowest BCUT2D eigenvalue weighted by atomic mass is 9.91. The second-order valence-electron chi connectivity index (χ2n) is 11.3. The number of nitrogens with one attached hydrogen (secondary N) is 1. The second-order valence-corrected chi connectivity index (χ2v) is 11.8. The Morgan fingerprint density at radius 3 is 2.52 bits per heavy atom. The summed E-state index contributed by atoms with van der Waals surface area (Å²) in [5.41, 5.74) is 3.18. The van der Waals surface area contributed by atoms with Crippen molar-refractivity contribution in [3.63, 3.8) is 0 Å². The van der Waals surface area contributed by atoms with E-state index in [2.05, 4.69) is 15.3 Å². The number of nitrogens with zero attached hydrogens (tertiary/aromatic N) is 4. The first-order valence-electron chi connectivity index (χ1n) is 14.6. The third-order valence-electron chi connectivity index (χ3n) is 8.28. The molecule has 2 unspecified atom stereocenters. The van der Waals surface area contributed by atoms with Crippen molar-refractivity contribution in [2.45, 2.75) is 43.3 Å². The molecule has 1 fully saturated rings. The van der Waals surface area contributed by atoms with E-state index < -0.39 is 35.2 Å². The van der Waals surface area contributed by atoms with Crippen LogP contribution < -0.4 is 10.1 Å². The monoisotopic (exact) mass is 645 g/mol. The first-order chi connectivity index (χ1) is 22.1. The van der Waals surface area contributed by atoms with Gasteiger partial charge in [-0.3, -0.25) is 14.4 Å². The van der Waals surface area contributed by atoms with E-state index in [0.717, 1.165) is 10.5 Å². The molecular weight excluding hydrogens is 616 g/mol. The van der Waals surface area contributed by atoms with Crippen molar-refractivity contribution in [3.05, 3.63) is 96.5 Å². The summed E-state index contributed by atoms with van der Waals surface area (Å²) in [6, 6.07) is 11.9. The van der Waals surface area contributed by atoms with Crippen molar-refractivity contribution in [2.24, 2.45) is 0 Å². The molecule has 4 atom stereocenters. The third-order valence-corrected chi connectivity index (χ3v) is 8.72. The van der Waals surface area contributed by atoms with E-state index in [1.54, 1.807) is 71.7 Å². The van der Waals surface area contributed by atoms with Crippen molar-refractivity contribution in [1.29, 1.82) is 0 Å². The zero-order valence-corrected chi connectivity index (χ0v) is 25.7. The molecule has 1 N–H and O–H groups in total. The van der Waals surface area contributed by atoms with Gasteiger partial charge in [0.1, 0.15) is 24.8 Å². The van der Waals surface area contributed by atoms with Crippen molar-refractivity contribution in [2.75, 3.05) is 13.7 Å². The normalized spacial score (nSPS) is 22.5. The Bertz CT molecular complexity index is 1870. The fourth-order valence-electron chi connectivity index (χ4n) is 5.96. The number of ketones is 1. The first kappa shape index (κ1) is 31.1. The zero-order valence-electron chi connectivity index (χ0n) is 25.0. The second kappa shape index (κ2) is 12.5. The lowest BCUT2D eigenvalue weighted by Crippen LogP contribution is -2.54. The Morgan fingerprint density at radius 2 is 1.83 bits per heavy atom. The summed E-state index contributed by atoms with van der Waals surface area (Å²) in [5, 5.41) is 0.732. The number of Topliss-reactive ketones (excluding diaryl/α,β-unsaturated/α-hetero) is 1. The molecule has 236 valence electrons. The van der Waals surface area contributed by atoms with Crippen molar-refractivity contribution in [3.8, 4) is 17.1 Å². The lowest BCUT2D eigenvalue weighted by molar-refractivity contribution is -0.139. The summed E-state index contributed by atoms with van der Waals surface area (Å²) >= 11 is 6.37. The van der Waals surface area contributed by atoms with Crippen LogP contribution in [-0.2, 0) is 16.1 Å². The number of amides is 2. The lowest BCUT2D eigenvalue weighted by Gasteiger charge is -2.33. The fraction of sp³-hybridized carbons (Fsp3) is 0.265. The van der Waals surface area contributed by atoms with Crippen LogP contribution in [0.5, 0.6) is 6.01 Å². The van der Waals surface area contributed by atoms with Crippen LogP contribution in [0.25, 0.3) is 27.6 Å². The van der Waals surface area contributed by atoms with Gasteiger partial charge in [0.15, 0.2) is 5.78 Å². The Kier molecular flexibility index (Phi) is 8.43. The Morgan fingerprint density at radius 1 is 1.09 bits per heavy atom. The SMILES string of the molecule is COc1ncc(-c2ccc3c(c2)c(C(C)=O)cn3CC(=O)N2C[C@H](F)C[C@H]2C(=O)NC2C=CC=C(c3ccccc3)C2(F)Cl)cn1. The van der Waals surface area contributed by atoms with E-state index in [9.17, 15) is 18.8 Å². The van der Waals surface area contributed by atoms with Gasteiger partial charge < -0.3 is 19.5 Å². The maximum atomic E-state index is 16.0. The predicted octanol–water partition coefficient (Wildman–Crippen LogP) is 5.29.